The molecule has 0 aliphatic heterocycles. The number of anilines is 2. The second kappa shape index (κ2) is 11.7. The van der Waals surface area contributed by atoms with Gasteiger partial charge in [-0.2, -0.15) is 15.5 Å². The minimum atomic E-state index is -0.483. The van der Waals surface area contributed by atoms with E-state index in [2.05, 4.69) is 32.7 Å². The Morgan fingerprint density at radius 3 is 2.13 bits per heavy atom. The van der Waals surface area contributed by atoms with E-state index in [1.165, 1.54) is 6.20 Å². The summed E-state index contributed by atoms with van der Waals surface area (Å²) in [6, 6.07) is 22.2. The van der Waals surface area contributed by atoms with Gasteiger partial charge in [-0.3, -0.25) is 4.79 Å². The second-order valence-corrected chi connectivity index (χ2v) is 8.44. The zero-order valence-electron chi connectivity index (χ0n) is 20.8. The van der Waals surface area contributed by atoms with Crippen LogP contribution in [-0.4, -0.2) is 34.1 Å². The van der Waals surface area contributed by atoms with E-state index in [9.17, 15) is 4.79 Å². The number of aryl methyl sites for hydroxylation is 2. The molecule has 0 atom stereocenters. The van der Waals surface area contributed by atoms with Gasteiger partial charge in [-0.15, -0.1) is 0 Å². The number of benzene rings is 3. The first-order valence-electron chi connectivity index (χ1n) is 11.7. The van der Waals surface area contributed by atoms with Crippen LogP contribution in [0.25, 0.3) is 11.1 Å². The van der Waals surface area contributed by atoms with E-state index in [0.29, 0.717) is 22.6 Å². The summed E-state index contributed by atoms with van der Waals surface area (Å²) in [5.74, 6) is 0.307. The number of hydrogen-bond acceptors (Lipinski definition) is 8. The van der Waals surface area contributed by atoms with Crippen molar-refractivity contribution in [2.45, 2.75) is 13.8 Å². The van der Waals surface area contributed by atoms with Crippen LogP contribution in [0.2, 0.25) is 0 Å². The number of aromatic nitrogens is 2. The van der Waals surface area contributed by atoms with Gasteiger partial charge in [-0.05, 0) is 84.6 Å². The molecule has 0 unspecified atom stereocenters. The van der Waals surface area contributed by atoms with Gasteiger partial charge in [0.15, 0.2) is 0 Å². The van der Waals surface area contributed by atoms with Crippen LogP contribution in [0.4, 0.5) is 11.6 Å². The van der Waals surface area contributed by atoms with Crippen LogP contribution in [0.15, 0.2) is 66.9 Å². The molecular formula is C29H24N6O3. The zero-order valence-corrected chi connectivity index (χ0v) is 20.8. The van der Waals surface area contributed by atoms with E-state index in [1.54, 1.807) is 36.4 Å². The number of aliphatic hydroxyl groups is 1. The number of nitrogens with zero attached hydrogens (tertiary/aromatic N) is 4. The number of carbonyl (C=O) groups excluding carboxylic acids is 1. The lowest BCUT2D eigenvalue weighted by Gasteiger charge is -2.16. The highest BCUT2D eigenvalue weighted by atomic mass is 16.5. The predicted octanol–water partition coefficient (Wildman–Crippen LogP) is 4.76. The van der Waals surface area contributed by atoms with Crippen molar-refractivity contribution in [1.82, 2.24) is 15.3 Å². The molecule has 0 bridgehead atoms. The number of hydrogen-bond donors (Lipinski definition) is 3. The molecule has 0 fully saturated rings. The van der Waals surface area contributed by atoms with E-state index in [4.69, 9.17) is 20.4 Å². The molecule has 3 N–H and O–H groups in total. The largest absolute Gasteiger partial charge is 0.437 e. The van der Waals surface area contributed by atoms with Crippen molar-refractivity contribution >= 4 is 17.5 Å². The van der Waals surface area contributed by atoms with Gasteiger partial charge >= 0.3 is 0 Å². The average molecular weight is 505 g/mol. The molecule has 188 valence electrons. The minimum Gasteiger partial charge on any atom is -0.437 e. The monoisotopic (exact) mass is 504 g/mol. The molecule has 1 aromatic heterocycles. The van der Waals surface area contributed by atoms with E-state index >= 15 is 0 Å². The Balaban J connectivity index is 1.68. The van der Waals surface area contributed by atoms with E-state index in [0.717, 1.165) is 22.3 Å². The fourth-order valence-corrected chi connectivity index (χ4v) is 3.79. The highest BCUT2D eigenvalue weighted by molar-refractivity contribution is 5.96. The number of nitrogens with one attached hydrogen (secondary N) is 2. The van der Waals surface area contributed by atoms with Crippen LogP contribution in [0, 0.1) is 36.5 Å². The van der Waals surface area contributed by atoms with Crippen LogP contribution >= 0.6 is 0 Å². The lowest BCUT2D eigenvalue weighted by atomic mass is 9.99. The molecule has 38 heavy (non-hydrogen) atoms. The van der Waals surface area contributed by atoms with Crippen molar-refractivity contribution < 1.29 is 14.6 Å². The van der Waals surface area contributed by atoms with E-state index in [-0.39, 0.29) is 30.5 Å². The fraction of sp³-hybridized carbons (Fsp3) is 0.138. The van der Waals surface area contributed by atoms with Gasteiger partial charge in [0.2, 0.25) is 11.8 Å². The summed E-state index contributed by atoms with van der Waals surface area (Å²) in [7, 11) is 0. The molecule has 0 radical (unpaired) electrons. The Morgan fingerprint density at radius 1 is 0.947 bits per heavy atom. The molecule has 4 aromatic rings. The summed E-state index contributed by atoms with van der Waals surface area (Å²) in [4.78, 5) is 21.5. The van der Waals surface area contributed by atoms with Crippen LogP contribution in [0.5, 0.6) is 11.6 Å². The number of rotatable bonds is 8. The molecular weight excluding hydrogens is 480 g/mol. The Labute approximate surface area is 220 Å². The fourth-order valence-electron chi connectivity index (χ4n) is 3.79. The summed E-state index contributed by atoms with van der Waals surface area (Å²) in [6.45, 7) is 3.66. The van der Waals surface area contributed by atoms with Crippen molar-refractivity contribution in [3.8, 4) is 34.9 Å². The minimum absolute atomic E-state index is 0.0453. The Hall–Kier alpha value is -5.25. The molecule has 9 heteroatoms. The van der Waals surface area contributed by atoms with Crippen molar-refractivity contribution in [3.63, 3.8) is 0 Å². The molecule has 0 saturated heterocycles. The average Bonchev–Trinajstić information content (AvgIpc) is 2.94. The first-order valence-corrected chi connectivity index (χ1v) is 11.7. The van der Waals surface area contributed by atoms with E-state index in [1.807, 2.05) is 38.1 Å². The number of ether oxygens (including phenoxy) is 1. The number of amides is 1. The highest BCUT2D eigenvalue weighted by Crippen LogP contribution is 2.34. The Bertz CT molecular complexity index is 1530. The van der Waals surface area contributed by atoms with Crippen molar-refractivity contribution in [3.05, 3.63) is 94.7 Å². The Morgan fingerprint density at radius 2 is 1.55 bits per heavy atom. The quantitative estimate of drug-likeness (QED) is 0.311. The Kier molecular flexibility index (Phi) is 7.92. The smallest absolute Gasteiger partial charge is 0.258 e. The van der Waals surface area contributed by atoms with Crippen molar-refractivity contribution in [1.29, 1.82) is 10.5 Å². The van der Waals surface area contributed by atoms with Gasteiger partial charge in [-0.1, -0.05) is 12.1 Å². The van der Waals surface area contributed by atoms with Gasteiger partial charge in [0.1, 0.15) is 11.3 Å². The molecule has 0 saturated carbocycles. The number of carbonyl (C=O) groups is 1. The molecule has 9 nitrogen and oxygen atoms in total. The summed E-state index contributed by atoms with van der Waals surface area (Å²) < 4.78 is 6.21. The maximum atomic E-state index is 12.8. The predicted molar refractivity (Wildman–Crippen MR) is 142 cm³/mol. The van der Waals surface area contributed by atoms with Crippen LogP contribution in [-0.2, 0) is 0 Å². The third-order valence-corrected chi connectivity index (χ3v) is 5.67. The van der Waals surface area contributed by atoms with Crippen molar-refractivity contribution in [2.75, 3.05) is 18.5 Å². The third kappa shape index (κ3) is 5.93. The summed E-state index contributed by atoms with van der Waals surface area (Å²) in [6.07, 6.45) is 1.36. The summed E-state index contributed by atoms with van der Waals surface area (Å²) >= 11 is 0. The van der Waals surface area contributed by atoms with Gasteiger partial charge < -0.3 is 20.5 Å². The summed E-state index contributed by atoms with van der Waals surface area (Å²) in [5.41, 5.74) is 5.45. The van der Waals surface area contributed by atoms with Gasteiger partial charge in [0, 0.05) is 18.4 Å². The lowest BCUT2D eigenvalue weighted by molar-refractivity contribution is 0.0941. The number of nitriles is 2. The normalized spacial score (nSPS) is 10.2. The summed E-state index contributed by atoms with van der Waals surface area (Å²) in [5, 5.41) is 32.8. The van der Waals surface area contributed by atoms with Crippen LogP contribution < -0.4 is 15.4 Å². The molecule has 0 spiro atoms. The van der Waals surface area contributed by atoms with Gasteiger partial charge in [0.25, 0.3) is 5.91 Å². The standard InChI is InChI=1S/C29H24N6O3/c1-18-13-23(22-7-3-20(15-30)4-8-22)14-19(2)26(18)38-28-25(27(37)32-11-12-36)17-33-29(35-28)34-24-9-5-21(16-31)6-10-24/h3-10,13-14,17,36H,11-12H2,1-2H3,(H,32,37)(H,33,34,35). The highest BCUT2D eigenvalue weighted by Gasteiger charge is 2.19. The maximum absolute atomic E-state index is 12.8. The zero-order chi connectivity index (χ0) is 27.1. The topological polar surface area (TPSA) is 144 Å². The first kappa shape index (κ1) is 25.8. The maximum Gasteiger partial charge on any atom is 0.258 e. The number of aliphatic hydroxyl groups excluding tert-OH is 1. The molecule has 0 aliphatic carbocycles. The van der Waals surface area contributed by atoms with Gasteiger partial charge in [-0.25, -0.2) is 4.98 Å². The molecule has 4 rings (SSSR count). The van der Waals surface area contributed by atoms with Crippen LogP contribution in [0.3, 0.4) is 0 Å². The van der Waals surface area contributed by atoms with Crippen molar-refractivity contribution in [2.24, 2.45) is 0 Å². The molecule has 1 amide bonds. The molecule has 0 aliphatic rings. The lowest BCUT2D eigenvalue weighted by Crippen LogP contribution is -2.27. The van der Waals surface area contributed by atoms with Crippen LogP contribution in [0.1, 0.15) is 32.6 Å². The third-order valence-electron chi connectivity index (χ3n) is 5.67. The molecule has 3 aromatic carbocycles. The SMILES string of the molecule is Cc1cc(-c2ccc(C#N)cc2)cc(C)c1Oc1nc(Nc2ccc(C#N)cc2)ncc1C(=O)NCCO. The van der Waals surface area contributed by atoms with E-state index < -0.39 is 5.91 Å². The first-order chi connectivity index (χ1) is 18.4. The van der Waals surface area contributed by atoms with Gasteiger partial charge in [0.05, 0.1) is 29.9 Å². The molecule has 1 heterocycles. The second-order valence-electron chi connectivity index (χ2n) is 8.44.